The molecular formula is C12H15BrClN. The molecule has 1 aromatic carbocycles. The average Bonchev–Trinajstić information content (AvgIpc) is 2.12. The molecule has 1 heterocycles. The molecule has 82 valence electrons. The second-order valence-electron chi connectivity index (χ2n) is 4.23. The molecule has 1 aromatic rings. The van der Waals surface area contributed by atoms with Crippen LogP contribution in [0.5, 0.6) is 0 Å². The highest BCUT2D eigenvalue weighted by Crippen LogP contribution is 2.36. The van der Waals surface area contributed by atoms with Crippen LogP contribution in [0.3, 0.4) is 0 Å². The predicted molar refractivity (Wildman–Crippen MR) is 69.9 cm³/mol. The summed E-state index contributed by atoms with van der Waals surface area (Å²) in [6.07, 6.45) is 1.27. The first-order chi connectivity index (χ1) is 7.11. The van der Waals surface area contributed by atoms with E-state index in [0.29, 0.717) is 0 Å². The van der Waals surface area contributed by atoms with Crippen LogP contribution < -0.4 is 4.90 Å². The van der Waals surface area contributed by atoms with Crippen LogP contribution in [0.2, 0.25) is 5.02 Å². The molecule has 0 amide bonds. The van der Waals surface area contributed by atoms with Gasteiger partial charge in [-0.15, -0.1) is 0 Å². The van der Waals surface area contributed by atoms with Crippen LogP contribution in [0, 0.1) is 12.8 Å². The average molecular weight is 289 g/mol. The van der Waals surface area contributed by atoms with Gasteiger partial charge < -0.3 is 4.90 Å². The molecule has 1 aliphatic rings. The molecule has 1 nitrogen and oxygen atoms in total. The molecule has 0 spiro atoms. The van der Waals surface area contributed by atoms with Gasteiger partial charge >= 0.3 is 0 Å². The minimum Gasteiger partial charge on any atom is -0.370 e. The van der Waals surface area contributed by atoms with Gasteiger partial charge in [-0.05, 0) is 52.9 Å². The summed E-state index contributed by atoms with van der Waals surface area (Å²) in [5.74, 6) is 0.858. The SMILES string of the molecule is CCC1CN(c2cc(Cl)c(C)cc2Br)C1. The van der Waals surface area contributed by atoms with E-state index in [1.54, 1.807) is 0 Å². The fourth-order valence-electron chi connectivity index (χ4n) is 1.90. The van der Waals surface area contributed by atoms with Gasteiger partial charge in [-0.1, -0.05) is 18.5 Å². The van der Waals surface area contributed by atoms with Crippen molar-refractivity contribution in [3.63, 3.8) is 0 Å². The zero-order chi connectivity index (χ0) is 11.0. The van der Waals surface area contributed by atoms with Crippen molar-refractivity contribution in [2.75, 3.05) is 18.0 Å². The number of anilines is 1. The Hall–Kier alpha value is -0.210. The Morgan fingerprint density at radius 2 is 2.13 bits per heavy atom. The highest BCUT2D eigenvalue weighted by atomic mass is 79.9. The van der Waals surface area contributed by atoms with Crippen molar-refractivity contribution < 1.29 is 0 Å². The Kier molecular flexibility index (Phi) is 3.27. The maximum atomic E-state index is 6.13. The number of hydrogen-bond donors (Lipinski definition) is 0. The molecule has 0 unspecified atom stereocenters. The Morgan fingerprint density at radius 1 is 1.47 bits per heavy atom. The lowest BCUT2D eigenvalue weighted by Crippen LogP contribution is -2.46. The first-order valence-corrected chi connectivity index (χ1v) is 6.49. The van der Waals surface area contributed by atoms with Crippen molar-refractivity contribution in [3.05, 3.63) is 27.2 Å². The molecule has 15 heavy (non-hydrogen) atoms. The van der Waals surface area contributed by atoms with Crippen LogP contribution in [0.15, 0.2) is 16.6 Å². The Labute approximate surface area is 105 Å². The molecule has 0 radical (unpaired) electrons. The molecular weight excluding hydrogens is 273 g/mol. The standard InChI is InChI=1S/C12H15BrClN/c1-3-9-6-15(7-9)12-5-11(14)8(2)4-10(12)13/h4-5,9H,3,6-7H2,1-2H3. The van der Waals surface area contributed by atoms with E-state index in [9.17, 15) is 0 Å². The second-order valence-corrected chi connectivity index (χ2v) is 5.49. The van der Waals surface area contributed by atoms with E-state index in [2.05, 4.69) is 39.9 Å². The Bertz CT molecular complexity index is 372. The number of hydrogen-bond acceptors (Lipinski definition) is 1. The number of benzene rings is 1. The summed E-state index contributed by atoms with van der Waals surface area (Å²) < 4.78 is 1.15. The molecule has 3 heteroatoms. The van der Waals surface area contributed by atoms with Gasteiger partial charge in [0.2, 0.25) is 0 Å². The van der Waals surface area contributed by atoms with Crippen molar-refractivity contribution in [1.29, 1.82) is 0 Å². The number of aryl methyl sites for hydroxylation is 1. The van der Waals surface area contributed by atoms with Crippen LogP contribution in [0.25, 0.3) is 0 Å². The van der Waals surface area contributed by atoms with Crippen molar-refractivity contribution in [2.24, 2.45) is 5.92 Å². The maximum absolute atomic E-state index is 6.13. The monoisotopic (exact) mass is 287 g/mol. The second kappa shape index (κ2) is 4.34. The zero-order valence-electron chi connectivity index (χ0n) is 9.06. The van der Waals surface area contributed by atoms with Gasteiger partial charge in [0.25, 0.3) is 0 Å². The summed E-state index contributed by atoms with van der Waals surface area (Å²) >= 11 is 9.73. The van der Waals surface area contributed by atoms with E-state index in [-0.39, 0.29) is 0 Å². The number of nitrogens with zero attached hydrogens (tertiary/aromatic N) is 1. The smallest absolute Gasteiger partial charge is 0.0525 e. The highest BCUT2D eigenvalue weighted by molar-refractivity contribution is 9.10. The summed E-state index contributed by atoms with van der Waals surface area (Å²) in [5.41, 5.74) is 2.36. The molecule has 1 fully saturated rings. The number of rotatable bonds is 2. The van der Waals surface area contributed by atoms with E-state index >= 15 is 0 Å². The molecule has 0 N–H and O–H groups in total. The maximum Gasteiger partial charge on any atom is 0.0525 e. The summed E-state index contributed by atoms with van der Waals surface area (Å²) in [7, 11) is 0. The van der Waals surface area contributed by atoms with Gasteiger partial charge in [0.15, 0.2) is 0 Å². The number of halogens is 2. The topological polar surface area (TPSA) is 3.24 Å². The van der Waals surface area contributed by atoms with E-state index in [1.165, 1.54) is 12.1 Å². The van der Waals surface area contributed by atoms with Crippen LogP contribution in [0.1, 0.15) is 18.9 Å². The molecule has 0 aliphatic carbocycles. The van der Waals surface area contributed by atoms with Crippen molar-refractivity contribution in [3.8, 4) is 0 Å². The fraction of sp³-hybridized carbons (Fsp3) is 0.500. The van der Waals surface area contributed by atoms with Crippen molar-refractivity contribution in [2.45, 2.75) is 20.3 Å². The van der Waals surface area contributed by atoms with Gasteiger partial charge in [0.1, 0.15) is 0 Å². The lowest BCUT2D eigenvalue weighted by Gasteiger charge is -2.41. The van der Waals surface area contributed by atoms with Crippen LogP contribution >= 0.6 is 27.5 Å². The fourth-order valence-corrected chi connectivity index (χ4v) is 2.77. The third kappa shape index (κ3) is 2.16. The Balaban J connectivity index is 2.19. The molecule has 0 aromatic heterocycles. The molecule has 0 bridgehead atoms. The lowest BCUT2D eigenvalue weighted by molar-refractivity contribution is 0.398. The molecule has 0 saturated carbocycles. The highest BCUT2D eigenvalue weighted by Gasteiger charge is 2.26. The van der Waals surface area contributed by atoms with Gasteiger partial charge in [-0.25, -0.2) is 0 Å². The first-order valence-electron chi connectivity index (χ1n) is 5.32. The predicted octanol–water partition coefficient (Wildman–Crippen LogP) is 4.26. The summed E-state index contributed by atoms with van der Waals surface area (Å²) in [5, 5.41) is 0.855. The molecule has 1 saturated heterocycles. The van der Waals surface area contributed by atoms with E-state index < -0.39 is 0 Å². The largest absolute Gasteiger partial charge is 0.370 e. The molecule has 1 aliphatic heterocycles. The molecule has 2 rings (SSSR count). The molecule has 0 atom stereocenters. The van der Waals surface area contributed by atoms with Gasteiger partial charge in [-0.2, -0.15) is 0 Å². The summed E-state index contributed by atoms with van der Waals surface area (Å²) in [6.45, 7) is 6.60. The summed E-state index contributed by atoms with van der Waals surface area (Å²) in [6, 6.07) is 4.16. The van der Waals surface area contributed by atoms with Crippen molar-refractivity contribution in [1.82, 2.24) is 0 Å². The minimum atomic E-state index is 0.855. The first kappa shape index (κ1) is 11.3. The quantitative estimate of drug-likeness (QED) is 0.786. The normalized spacial score (nSPS) is 16.7. The van der Waals surface area contributed by atoms with Gasteiger partial charge in [-0.3, -0.25) is 0 Å². The van der Waals surface area contributed by atoms with Crippen LogP contribution in [-0.4, -0.2) is 13.1 Å². The lowest BCUT2D eigenvalue weighted by atomic mass is 9.96. The van der Waals surface area contributed by atoms with Gasteiger partial charge in [0.05, 0.1) is 5.69 Å². The van der Waals surface area contributed by atoms with E-state index in [0.717, 1.165) is 34.1 Å². The minimum absolute atomic E-state index is 0.855. The summed E-state index contributed by atoms with van der Waals surface area (Å²) in [4.78, 5) is 2.38. The zero-order valence-corrected chi connectivity index (χ0v) is 11.4. The Morgan fingerprint density at radius 3 is 2.73 bits per heavy atom. The van der Waals surface area contributed by atoms with Crippen LogP contribution in [0.4, 0.5) is 5.69 Å². The van der Waals surface area contributed by atoms with E-state index in [4.69, 9.17) is 11.6 Å². The third-order valence-electron chi connectivity index (χ3n) is 3.10. The van der Waals surface area contributed by atoms with E-state index in [1.807, 2.05) is 6.92 Å². The van der Waals surface area contributed by atoms with Crippen LogP contribution in [-0.2, 0) is 0 Å². The van der Waals surface area contributed by atoms with Crippen molar-refractivity contribution >= 4 is 33.2 Å². The van der Waals surface area contributed by atoms with Gasteiger partial charge in [0, 0.05) is 22.6 Å². The third-order valence-corrected chi connectivity index (χ3v) is 4.15.